The predicted octanol–water partition coefficient (Wildman–Crippen LogP) is 2.70. The molecule has 0 aliphatic carbocycles. The minimum Gasteiger partial charge on any atom is -0.317 e. The van der Waals surface area contributed by atoms with E-state index < -0.39 is 0 Å². The fourth-order valence-corrected chi connectivity index (χ4v) is 2.01. The SMILES string of the molecule is CCNCCCC(=O)Sc1ccccc1. The Labute approximate surface area is 95.5 Å². The van der Waals surface area contributed by atoms with Crippen LogP contribution in [0.15, 0.2) is 35.2 Å². The molecule has 1 aromatic rings. The highest BCUT2D eigenvalue weighted by Crippen LogP contribution is 2.19. The van der Waals surface area contributed by atoms with Gasteiger partial charge in [0.05, 0.1) is 0 Å². The molecule has 1 aromatic carbocycles. The van der Waals surface area contributed by atoms with E-state index in [9.17, 15) is 4.79 Å². The summed E-state index contributed by atoms with van der Waals surface area (Å²) in [4.78, 5) is 12.5. The summed E-state index contributed by atoms with van der Waals surface area (Å²) < 4.78 is 0. The van der Waals surface area contributed by atoms with Crippen molar-refractivity contribution in [2.24, 2.45) is 0 Å². The zero-order chi connectivity index (χ0) is 10.9. The first-order chi connectivity index (χ1) is 7.33. The van der Waals surface area contributed by atoms with Gasteiger partial charge in [-0.05, 0) is 31.6 Å². The third-order valence-electron chi connectivity index (χ3n) is 1.96. The van der Waals surface area contributed by atoms with E-state index >= 15 is 0 Å². The Balaban J connectivity index is 2.19. The molecule has 0 radical (unpaired) electrons. The lowest BCUT2D eigenvalue weighted by molar-refractivity contribution is -0.111. The molecule has 0 saturated heterocycles. The number of nitrogens with one attached hydrogen (secondary N) is 1. The Kier molecular flexibility index (Phi) is 6.12. The molecule has 0 aliphatic heterocycles. The van der Waals surface area contributed by atoms with Gasteiger partial charge in [-0.25, -0.2) is 0 Å². The highest BCUT2D eigenvalue weighted by atomic mass is 32.2. The maximum absolute atomic E-state index is 11.5. The summed E-state index contributed by atoms with van der Waals surface area (Å²) >= 11 is 1.33. The minimum absolute atomic E-state index is 0.249. The number of carbonyl (C=O) groups is 1. The van der Waals surface area contributed by atoms with E-state index in [1.54, 1.807) is 0 Å². The van der Waals surface area contributed by atoms with Crippen LogP contribution in [0.25, 0.3) is 0 Å². The van der Waals surface area contributed by atoms with Crippen LogP contribution in [0.3, 0.4) is 0 Å². The summed E-state index contributed by atoms with van der Waals surface area (Å²) in [6.45, 7) is 3.97. The Bertz CT molecular complexity index is 287. The molecule has 1 N–H and O–H groups in total. The van der Waals surface area contributed by atoms with Crippen LogP contribution in [-0.4, -0.2) is 18.2 Å². The summed E-state index contributed by atoms with van der Waals surface area (Å²) in [7, 11) is 0. The molecule has 0 aliphatic rings. The van der Waals surface area contributed by atoms with Crippen molar-refractivity contribution < 1.29 is 4.79 Å². The van der Waals surface area contributed by atoms with Crippen molar-refractivity contribution in [1.82, 2.24) is 5.32 Å². The van der Waals surface area contributed by atoms with Crippen LogP contribution in [0, 0.1) is 0 Å². The summed E-state index contributed by atoms with van der Waals surface area (Å²) in [5.74, 6) is 0. The van der Waals surface area contributed by atoms with Crippen LogP contribution in [0.1, 0.15) is 19.8 Å². The van der Waals surface area contributed by atoms with Gasteiger partial charge in [0.1, 0.15) is 0 Å². The monoisotopic (exact) mass is 223 g/mol. The quantitative estimate of drug-likeness (QED) is 0.594. The van der Waals surface area contributed by atoms with Gasteiger partial charge in [-0.3, -0.25) is 4.79 Å². The molecule has 1 rings (SSSR count). The number of hydrogen-bond donors (Lipinski definition) is 1. The van der Waals surface area contributed by atoms with Crippen molar-refractivity contribution in [2.45, 2.75) is 24.7 Å². The van der Waals surface area contributed by atoms with E-state index in [1.807, 2.05) is 30.3 Å². The highest BCUT2D eigenvalue weighted by Gasteiger charge is 2.03. The van der Waals surface area contributed by atoms with E-state index in [-0.39, 0.29) is 5.12 Å². The normalized spacial score (nSPS) is 10.2. The van der Waals surface area contributed by atoms with Crippen LogP contribution < -0.4 is 5.32 Å². The molecule has 0 fully saturated rings. The lowest BCUT2D eigenvalue weighted by Gasteiger charge is -2.01. The molecule has 0 atom stereocenters. The zero-order valence-electron chi connectivity index (χ0n) is 9.03. The van der Waals surface area contributed by atoms with Gasteiger partial charge in [-0.15, -0.1) is 0 Å². The molecule has 0 heterocycles. The second-order valence-electron chi connectivity index (χ2n) is 3.24. The maximum Gasteiger partial charge on any atom is 0.193 e. The number of thioether (sulfide) groups is 1. The van der Waals surface area contributed by atoms with E-state index in [1.165, 1.54) is 11.8 Å². The largest absolute Gasteiger partial charge is 0.317 e. The van der Waals surface area contributed by atoms with Crippen molar-refractivity contribution in [3.05, 3.63) is 30.3 Å². The fraction of sp³-hybridized carbons (Fsp3) is 0.417. The van der Waals surface area contributed by atoms with Crippen molar-refractivity contribution in [3.63, 3.8) is 0 Å². The van der Waals surface area contributed by atoms with Gasteiger partial charge in [0.25, 0.3) is 0 Å². The summed E-state index contributed by atoms with van der Waals surface area (Å²) in [6.07, 6.45) is 1.57. The average molecular weight is 223 g/mol. The van der Waals surface area contributed by atoms with Crippen LogP contribution in [0.5, 0.6) is 0 Å². The summed E-state index contributed by atoms with van der Waals surface area (Å²) in [5.41, 5.74) is 0. The molecule has 82 valence electrons. The van der Waals surface area contributed by atoms with Gasteiger partial charge in [-0.1, -0.05) is 36.9 Å². The molecule has 3 heteroatoms. The fourth-order valence-electron chi connectivity index (χ4n) is 1.21. The van der Waals surface area contributed by atoms with Crippen LogP contribution in [0.4, 0.5) is 0 Å². The summed E-state index contributed by atoms with van der Waals surface area (Å²) in [5, 5.41) is 3.46. The Morgan fingerprint density at radius 1 is 1.33 bits per heavy atom. The van der Waals surface area contributed by atoms with E-state index in [0.717, 1.165) is 24.4 Å². The van der Waals surface area contributed by atoms with Gasteiger partial charge in [0.15, 0.2) is 5.12 Å². The molecule has 0 bridgehead atoms. The zero-order valence-corrected chi connectivity index (χ0v) is 9.85. The van der Waals surface area contributed by atoms with Gasteiger partial charge < -0.3 is 5.32 Å². The highest BCUT2D eigenvalue weighted by molar-refractivity contribution is 8.13. The molecule has 0 amide bonds. The second kappa shape index (κ2) is 7.49. The third kappa shape index (κ3) is 5.60. The first-order valence-corrected chi connectivity index (χ1v) is 6.11. The Morgan fingerprint density at radius 3 is 2.73 bits per heavy atom. The minimum atomic E-state index is 0.249. The van der Waals surface area contributed by atoms with Gasteiger partial charge in [0.2, 0.25) is 0 Å². The van der Waals surface area contributed by atoms with Crippen molar-refractivity contribution in [3.8, 4) is 0 Å². The number of carbonyl (C=O) groups excluding carboxylic acids is 1. The molecular formula is C12H17NOS. The number of benzene rings is 1. The van der Waals surface area contributed by atoms with Gasteiger partial charge in [-0.2, -0.15) is 0 Å². The van der Waals surface area contributed by atoms with Crippen LogP contribution in [-0.2, 0) is 4.79 Å². The average Bonchev–Trinajstić information content (AvgIpc) is 2.26. The molecular weight excluding hydrogens is 206 g/mol. The molecule has 0 spiro atoms. The summed E-state index contributed by atoms with van der Waals surface area (Å²) in [6, 6.07) is 9.79. The Hall–Kier alpha value is -0.800. The predicted molar refractivity (Wildman–Crippen MR) is 65.1 cm³/mol. The Morgan fingerprint density at radius 2 is 2.07 bits per heavy atom. The lowest BCUT2D eigenvalue weighted by Crippen LogP contribution is -2.14. The van der Waals surface area contributed by atoms with E-state index in [4.69, 9.17) is 0 Å². The van der Waals surface area contributed by atoms with E-state index in [2.05, 4.69) is 12.2 Å². The molecule has 0 aromatic heterocycles. The molecule has 15 heavy (non-hydrogen) atoms. The first kappa shape index (κ1) is 12.3. The lowest BCUT2D eigenvalue weighted by atomic mass is 10.3. The van der Waals surface area contributed by atoms with Crippen LogP contribution in [0.2, 0.25) is 0 Å². The third-order valence-corrected chi connectivity index (χ3v) is 2.90. The van der Waals surface area contributed by atoms with Gasteiger partial charge >= 0.3 is 0 Å². The number of hydrogen-bond acceptors (Lipinski definition) is 3. The van der Waals surface area contributed by atoms with Crippen molar-refractivity contribution in [2.75, 3.05) is 13.1 Å². The standard InChI is InChI=1S/C12H17NOS/c1-2-13-10-6-9-12(14)15-11-7-4-3-5-8-11/h3-5,7-8,13H,2,6,9-10H2,1H3. The van der Waals surface area contributed by atoms with Crippen molar-refractivity contribution in [1.29, 1.82) is 0 Å². The van der Waals surface area contributed by atoms with E-state index in [0.29, 0.717) is 6.42 Å². The topological polar surface area (TPSA) is 29.1 Å². The molecule has 0 saturated carbocycles. The number of rotatable bonds is 6. The smallest absolute Gasteiger partial charge is 0.193 e. The maximum atomic E-state index is 11.5. The first-order valence-electron chi connectivity index (χ1n) is 5.29. The van der Waals surface area contributed by atoms with Crippen LogP contribution >= 0.6 is 11.8 Å². The molecule has 2 nitrogen and oxygen atoms in total. The van der Waals surface area contributed by atoms with Crippen molar-refractivity contribution >= 4 is 16.9 Å². The van der Waals surface area contributed by atoms with Gasteiger partial charge in [0, 0.05) is 11.3 Å². The molecule has 0 unspecified atom stereocenters. The second-order valence-corrected chi connectivity index (χ2v) is 4.38.